The molecule has 7 nitrogen and oxygen atoms in total. The normalized spacial score (nSPS) is 17.8. The van der Waals surface area contributed by atoms with Crippen molar-refractivity contribution in [3.05, 3.63) is 35.2 Å². The third-order valence-corrected chi connectivity index (χ3v) is 5.60. The number of aromatic nitrogens is 4. The van der Waals surface area contributed by atoms with E-state index in [9.17, 15) is 4.79 Å². The summed E-state index contributed by atoms with van der Waals surface area (Å²) >= 11 is 1.68. The van der Waals surface area contributed by atoms with Gasteiger partial charge in [0, 0.05) is 32.4 Å². The number of amides is 1. The van der Waals surface area contributed by atoms with E-state index in [1.165, 1.54) is 5.56 Å². The average Bonchev–Trinajstić information content (AvgIpc) is 3.21. The van der Waals surface area contributed by atoms with Gasteiger partial charge in [0.2, 0.25) is 0 Å². The van der Waals surface area contributed by atoms with Gasteiger partial charge in [0.05, 0.1) is 10.2 Å². The number of hydrogen-bond acceptors (Lipinski definition) is 6. The third kappa shape index (κ3) is 3.09. The van der Waals surface area contributed by atoms with Crippen molar-refractivity contribution >= 4 is 33.3 Å². The van der Waals surface area contributed by atoms with Gasteiger partial charge in [-0.1, -0.05) is 0 Å². The van der Waals surface area contributed by atoms with Crippen LogP contribution in [0.4, 0.5) is 5.82 Å². The molecule has 3 aromatic heterocycles. The Labute approximate surface area is 149 Å². The van der Waals surface area contributed by atoms with Gasteiger partial charge in [-0.05, 0) is 36.8 Å². The highest BCUT2D eigenvalue weighted by Gasteiger charge is 2.25. The van der Waals surface area contributed by atoms with Crippen molar-refractivity contribution < 1.29 is 4.79 Å². The summed E-state index contributed by atoms with van der Waals surface area (Å²) in [6.45, 7) is 3.77. The summed E-state index contributed by atoms with van der Waals surface area (Å²) < 4.78 is 2.76. The summed E-state index contributed by atoms with van der Waals surface area (Å²) in [5, 5.41) is 9.39. The quantitative estimate of drug-likeness (QED) is 0.778. The maximum atomic E-state index is 12.4. The molecule has 8 heteroatoms. The van der Waals surface area contributed by atoms with Crippen LogP contribution in [0.15, 0.2) is 24.0 Å². The van der Waals surface area contributed by atoms with Gasteiger partial charge in [0.1, 0.15) is 17.8 Å². The van der Waals surface area contributed by atoms with Crippen LogP contribution in [-0.2, 0) is 7.05 Å². The summed E-state index contributed by atoms with van der Waals surface area (Å²) in [7, 11) is 1.81. The van der Waals surface area contributed by atoms with Crippen molar-refractivity contribution in [1.29, 1.82) is 0 Å². The first kappa shape index (κ1) is 16.0. The molecular formula is C17H20N6OS. The molecule has 1 atom stereocenters. The molecular weight excluding hydrogens is 336 g/mol. The number of hydrogen-bond donors (Lipinski definition) is 1. The van der Waals surface area contributed by atoms with Crippen LogP contribution in [0.25, 0.3) is 10.2 Å². The van der Waals surface area contributed by atoms with E-state index < -0.39 is 0 Å². The van der Waals surface area contributed by atoms with E-state index in [1.807, 2.05) is 7.05 Å². The standard InChI is InChI=1S/C17H20N6OS/c1-11-9-25-15-14(11)18-10-19-16(15)23-6-3-4-12(8-23)20-17(24)13-5-7-22(2)21-13/h5,7,9-10,12H,3-4,6,8H2,1-2H3,(H,20,24). The van der Waals surface area contributed by atoms with E-state index in [1.54, 1.807) is 34.6 Å². The van der Waals surface area contributed by atoms with Gasteiger partial charge in [-0.25, -0.2) is 9.97 Å². The average molecular weight is 356 g/mol. The molecule has 1 aliphatic rings. The number of nitrogens with one attached hydrogen (secondary N) is 1. The second-order valence-corrected chi connectivity index (χ2v) is 7.31. The number of piperidine rings is 1. The lowest BCUT2D eigenvalue weighted by Crippen LogP contribution is -2.48. The third-order valence-electron chi connectivity index (χ3n) is 4.51. The maximum absolute atomic E-state index is 12.4. The van der Waals surface area contributed by atoms with Crippen molar-refractivity contribution in [1.82, 2.24) is 25.1 Å². The summed E-state index contributed by atoms with van der Waals surface area (Å²) in [5.74, 6) is 0.854. The highest BCUT2D eigenvalue weighted by Crippen LogP contribution is 2.32. The van der Waals surface area contributed by atoms with Gasteiger partial charge in [0.15, 0.2) is 0 Å². The van der Waals surface area contributed by atoms with Crippen LogP contribution in [0.1, 0.15) is 28.9 Å². The number of carbonyl (C=O) groups excluding carboxylic acids is 1. The summed E-state index contributed by atoms with van der Waals surface area (Å²) in [6.07, 6.45) is 5.39. The molecule has 0 aromatic carbocycles. The molecule has 1 N–H and O–H groups in total. The molecule has 1 saturated heterocycles. The van der Waals surface area contributed by atoms with Crippen LogP contribution in [-0.4, -0.2) is 44.8 Å². The van der Waals surface area contributed by atoms with E-state index in [0.717, 1.165) is 42.0 Å². The minimum Gasteiger partial charge on any atom is -0.353 e. The summed E-state index contributed by atoms with van der Waals surface area (Å²) in [5.41, 5.74) is 2.66. The monoisotopic (exact) mass is 356 g/mol. The highest BCUT2D eigenvalue weighted by atomic mass is 32.1. The second-order valence-electron chi connectivity index (χ2n) is 6.43. The largest absolute Gasteiger partial charge is 0.353 e. The van der Waals surface area contributed by atoms with Crippen molar-refractivity contribution in [3.63, 3.8) is 0 Å². The summed E-state index contributed by atoms with van der Waals surface area (Å²) in [6, 6.07) is 1.83. The van der Waals surface area contributed by atoms with E-state index >= 15 is 0 Å². The molecule has 3 aromatic rings. The first-order valence-electron chi connectivity index (χ1n) is 8.36. The van der Waals surface area contributed by atoms with E-state index in [2.05, 4.69) is 37.6 Å². The van der Waals surface area contributed by atoms with E-state index in [0.29, 0.717) is 5.69 Å². The molecule has 4 heterocycles. The Bertz CT molecular complexity index is 917. The lowest BCUT2D eigenvalue weighted by molar-refractivity contribution is 0.0927. The van der Waals surface area contributed by atoms with Crippen LogP contribution in [0.5, 0.6) is 0 Å². The molecule has 25 heavy (non-hydrogen) atoms. The van der Waals surface area contributed by atoms with Crippen molar-refractivity contribution in [2.45, 2.75) is 25.8 Å². The fraction of sp³-hybridized carbons (Fsp3) is 0.412. The number of anilines is 1. The predicted octanol–water partition coefficient (Wildman–Crippen LogP) is 2.13. The Morgan fingerprint density at radius 3 is 3.08 bits per heavy atom. The van der Waals surface area contributed by atoms with Crippen LogP contribution in [0.3, 0.4) is 0 Å². The number of carbonyl (C=O) groups is 1. The van der Waals surface area contributed by atoms with Crippen molar-refractivity contribution in [2.24, 2.45) is 7.05 Å². The maximum Gasteiger partial charge on any atom is 0.272 e. The fourth-order valence-corrected chi connectivity index (χ4v) is 4.28. The molecule has 0 radical (unpaired) electrons. The molecule has 0 saturated carbocycles. The zero-order chi connectivity index (χ0) is 17.4. The Morgan fingerprint density at radius 1 is 1.40 bits per heavy atom. The van der Waals surface area contributed by atoms with Crippen molar-refractivity contribution in [2.75, 3.05) is 18.0 Å². The molecule has 130 valence electrons. The van der Waals surface area contributed by atoms with Gasteiger partial charge in [-0.15, -0.1) is 11.3 Å². The highest BCUT2D eigenvalue weighted by molar-refractivity contribution is 7.18. The minimum atomic E-state index is -0.118. The first-order valence-corrected chi connectivity index (χ1v) is 9.24. The number of thiophene rings is 1. The topological polar surface area (TPSA) is 75.9 Å². The van der Waals surface area contributed by atoms with Gasteiger partial charge in [-0.2, -0.15) is 5.10 Å². The molecule has 1 aliphatic heterocycles. The first-order chi connectivity index (χ1) is 12.1. The smallest absolute Gasteiger partial charge is 0.272 e. The Kier molecular flexibility index (Phi) is 4.12. The molecule has 1 amide bonds. The SMILES string of the molecule is Cc1csc2c(N3CCCC(NC(=O)c4ccn(C)n4)C3)ncnc12. The predicted molar refractivity (Wildman–Crippen MR) is 98.1 cm³/mol. The molecule has 1 unspecified atom stereocenters. The Hall–Kier alpha value is -2.48. The number of rotatable bonds is 3. The van der Waals surface area contributed by atoms with Crippen LogP contribution in [0.2, 0.25) is 0 Å². The lowest BCUT2D eigenvalue weighted by Gasteiger charge is -2.34. The summed E-state index contributed by atoms with van der Waals surface area (Å²) in [4.78, 5) is 23.5. The number of nitrogens with zero attached hydrogens (tertiary/aromatic N) is 5. The van der Waals surface area contributed by atoms with E-state index in [4.69, 9.17) is 0 Å². The van der Waals surface area contributed by atoms with Gasteiger partial charge < -0.3 is 10.2 Å². The molecule has 4 rings (SSSR count). The van der Waals surface area contributed by atoms with Crippen LogP contribution < -0.4 is 10.2 Å². The second kappa shape index (κ2) is 6.44. The van der Waals surface area contributed by atoms with Gasteiger partial charge in [-0.3, -0.25) is 9.48 Å². The fourth-order valence-electron chi connectivity index (χ4n) is 3.27. The Balaban J connectivity index is 1.51. The molecule has 1 fully saturated rings. The number of aryl methyl sites for hydroxylation is 2. The van der Waals surface area contributed by atoms with Gasteiger partial charge in [0.25, 0.3) is 5.91 Å². The Morgan fingerprint density at radius 2 is 2.28 bits per heavy atom. The zero-order valence-corrected chi connectivity index (χ0v) is 15.1. The van der Waals surface area contributed by atoms with Crippen molar-refractivity contribution in [3.8, 4) is 0 Å². The van der Waals surface area contributed by atoms with E-state index in [-0.39, 0.29) is 11.9 Å². The van der Waals surface area contributed by atoms with Crippen LogP contribution >= 0.6 is 11.3 Å². The molecule has 0 aliphatic carbocycles. The number of fused-ring (bicyclic) bond motifs is 1. The molecule has 0 spiro atoms. The lowest BCUT2D eigenvalue weighted by atomic mass is 10.1. The van der Waals surface area contributed by atoms with Gasteiger partial charge >= 0.3 is 0 Å². The zero-order valence-electron chi connectivity index (χ0n) is 14.3. The minimum absolute atomic E-state index is 0.0920. The van der Waals surface area contributed by atoms with Crippen LogP contribution in [0, 0.1) is 6.92 Å². The molecule has 0 bridgehead atoms.